The van der Waals surface area contributed by atoms with E-state index in [4.69, 9.17) is 25.9 Å². The van der Waals surface area contributed by atoms with Crippen molar-refractivity contribution in [2.24, 2.45) is 0 Å². The average molecular weight is 649 g/mol. The smallest absolute Gasteiger partial charge is 0.319 e. The fraction of sp³-hybridized carbons (Fsp3) is 0.378. The van der Waals surface area contributed by atoms with Crippen LogP contribution in [0.3, 0.4) is 0 Å². The van der Waals surface area contributed by atoms with Gasteiger partial charge in [-0.25, -0.2) is 13.8 Å². The second-order valence-corrected chi connectivity index (χ2v) is 14.0. The molecule has 0 unspecified atom stereocenters. The Labute approximate surface area is 276 Å². The molecule has 4 saturated heterocycles. The zero-order valence-corrected chi connectivity index (χ0v) is 26.5. The normalized spacial score (nSPS) is 25.6. The van der Waals surface area contributed by atoms with Gasteiger partial charge in [0, 0.05) is 42.7 Å². The predicted molar refractivity (Wildman–Crippen MR) is 178 cm³/mol. The van der Waals surface area contributed by atoms with E-state index in [2.05, 4.69) is 39.2 Å². The first kappa shape index (κ1) is 29.4. The molecule has 244 valence electrons. The van der Waals surface area contributed by atoms with Gasteiger partial charge in [-0.1, -0.05) is 36.3 Å². The molecule has 2 bridgehead atoms. The van der Waals surface area contributed by atoms with Crippen LogP contribution in [0.1, 0.15) is 38.2 Å². The fourth-order valence-corrected chi connectivity index (χ4v) is 8.94. The summed E-state index contributed by atoms with van der Waals surface area (Å²) >= 11 is 0. The van der Waals surface area contributed by atoms with Gasteiger partial charge in [-0.05, 0) is 56.2 Å². The van der Waals surface area contributed by atoms with Crippen LogP contribution >= 0.6 is 0 Å². The van der Waals surface area contributed by atoms with Crippen molar-refractivity contribution >= 4 is 27.5 Å². The first-order valence-electron chi connectivity index (χ1n) is 16.4. The molecule has 0 saturated carbocycles. The van der Waals surface area contributed by atoms with Gasteiger partial charge in [-0.3, -0.25) is 4.90 Å². The summed E-state index contributed by atoms with van der Waals surface area (Å²) in [5, 5.41) is 15.5. The Morgan fingerprint density at radius 3 is 2.69 bits per heavy atom. The number of fused-ring (bicyclic) bond motifs is 7. The molecule has 2 N–H and O–H groups in total. The number of benzene rings is 2. The van der Waals surface area contributed by atoms with Crippen molar-refractivity contribution in [1.29, 1.82) is 0 Å². The molecule has 0 spiro atoms. The average Bonchev–Trinajstić information content (AvgIpc) is 3.65. The number of phenols is 1. The molecule has 4 aromatic rings. The summed E-state index contributed by atoms with van der Waals surface area (Å²) in [4.78, 5) is 18.9. The summed E-state index contributed by atoms with van der Waals surface area (Å²) < 4.78 is 45.2. The lowest BCUT2D eigenvalue weighted by Gasteiger charge is -2.42. The zero-order valence-electron chi connectivity index (χ0n) is 26.5. The number of nitrogens with one attached hydrogen (secondary N) is 1. The summed E-state index contributed by atoms with van der Waals surface area (Å²) in [7, 11) is 0. The molecule has 4 atom stereocenters. The summed E-state index contributed by atoms with van der Waals surface area (Å²) in [6.07, 6.45) is 8.94. The summed E-state index contributed by atoms with van der Waals surface area (Å²) in [5.41, 5.74) is 1.81. The highest BCUT2D eigenvalue weighted by molar-refractivity contribution is 6.04. The maximum Gasteiger partial charge on any atom is 0.319 e. The Balaban J connectivity index is 1.26. The first-order valence-corrected chi connectivity index (χ1v) is 16.4. The van der Waals surface area contributed by atoms with Crippen LogP contribution in [0.4, 0.5) is 14.6 Å². The largest absolute Gasteiger partial charge is 0.508 e. The Morgan fingerprint density at radius 1 is 1.12 bits per heavy atom. The molecule has 48 heavy (non-hydrogen) atoms. The van der Waals surface area contributed by atoms with E-state index in [9.17, 15) is 5.11 Å². The minimum atomic E-state index is -0.780. The Morgan fingerprint density at radius 2 is 1.92 bits per heavy atom. The summed E-state index contributed by atoms with van der Waals surface area (Å²) in [6, 6.07) is 5.84. The number of halogens is 2. The van der Waals surface area contributed by atoms with Crippen molar-refractivity contribution in [2.75, 3.05) is 31.1 Å². The van der Waals surface area contributed by atoms with Crippen LogP contribution < -0.4 is 19.7 Å². The maximum absolute atomic E-state index is 17.2. The number of ether oxygens (including phenoxy) is 2. The van der Waals surface area contributed by atoms with E-state index in [1.165, 1.54) is 24.3 Å². The van der Waals surface area contributed by atoms with Crippen molar-refractivity contribution in [3.8, 4) is 41.2 Å². The molecule has 0 radical (unpaired) electrons. The summed E-state index contributed by atoms with van der Waals surface area (Å²) in [6.45, 7) is 12.9. The van der Waals surface area contributed by atoms with Gasteiger partial charge in [-0.15, -0.1) is 6.42 Å². The van der Waals surface area contributed by atoms with Crippen LogP contribution in [-0.4, -0.2) is 81.0 Å². The van der Waals surface area contributed by atoms with Crippen LogP contribution in [-0.2, 0) is 0 Å². The van der Waals surface area contributed by atoms with Crippen molar-refractivity contribution in [2.45, 2.75) is 62.4 Å². The molecular weight excluding hydrogens is 614 g/mol. The second-order valence-electron chi connectivity index (χ2n) is 14.0. The van der Waals surface area contributed by atoms with Crippen LogP contribution in [0.5, 0.6) is 17.6 Å². The fourth-order valence-electron chi connectivity index (χ4n) is 8.94. The number of hydrogen-bond donors (Lipinski definition) is 2. The van der Waals surface area contributed by atoms with Crippen LogP contribution in [0.2, 0.25) is 0 Å². The van der Waals surface area contributed by atoms with Gasteiger partial charge in [-0.2, -0.15) is 9.97 Å². The number of aromatic nitrogens is 3. The summed E-state index contributed by atoms with van der Waals surface area (Å²) in [5.74, 6) is 1.49. The highest BCUT2D eigenvalue weighted by Gasteiger charge is 2.49. The molecule has 4 fully saturated rings. The topological polar surface area (TPSA) is 95.9 Å². The molecule has 9 nitrogen and oxygen atoms in total. The van der Waals surface area contributed by atoms with Gasteiger partial charge >= 0.3 is 6.01 Å². The number of phenolic OH excluding ortho intramolecular Hbond substituents is 1. The minimum Gasteiger partial charge on any atom is -0.508 e. The van der Waals surface area contributed by atoms with E-state index in [-0.39, 0.29) is 81.7 Å². The van der Waals surface area contributed by atoms with Crippen LogP contribution in [0, 0.1) is 24.0 Å². The molecule has 5 aliphatic rings. The predicted octanol–water partition coefficient (Wildman–Crippen LogP) is 5.24. The number of nitrogens with zero attached hydrogens (tertiary/aromatic N) is 5. The molecule has 0 aliphatic carbocycles. The number of anilines is 1. The number of terminal acetylenes is 1. The third-order valence-electron chi connectivity index (χ3n) is 10.8. The van der Waals surface area contributed by atoms with E-state index in [1.54, 1.807) is 0 Å². The Hall–Kier alpha value is -4.79. The van der Waals surface area contributed by atoms with E-state index in [1.807, 2.05) is 6.92 Å². The van der Waals surface area contributed by atoms with Crippen molar-refractivity contribution < 1.29 is 23.4 Å². The third kappa shape index (κ3) is 4.25. The quantitative estimate of drug-likeness (QED) is 0.228. The standard InChI is InChI=1S/C37H34F2N6O3/c1-5-24-26(38)8-6-21-10-23(46)11-25(28(21)24)31-30(39)32-29-34(45-16-22-7-9-27(40-22)33(45)20(4)48-35(29)41-31)43-36(42-32)47-17-37-12-18(2)14-44(37)15-19(3)13-37/h1,6,8,10-11,20,22,27,33,40,46H,2-3,7,9,12-17H2,4H3/t20-,22+,27-,33+/m0/s1. The number of hydrogen-bond acceptors (Lipinski definition) is 9. The molecule has 9 rings (SSSR count). The molecule has 2 aromatic heterocycles. The molecule has 7 heterocycles. The Bertz CT molecular complexity index is 2130. The van der Waals surface area contributed by atoms with Gasteiger partial charge in [0.05, 0.1) is 17.1 Å². The second kappa shape index (κ2) is 10.4. The Kier molecular flexibility index (Phi) is 6.33. The van der Waals surface area contributed by atoms with Gasteiger partial charge in [0.15, 0.2) is 5.82 Å². The molecular formula is C37H34F2N6O3. The van der Waals surface area contributed by atoms with Crippen LogP contribution in [0.25, 0.3) is 32.9 Å². The van der Waals surface area contributed by atoms with Crippen molar-refractivity contribution in [3.05, 3.63) is 65.8 Å². The molecule has 0 amide bonds. The van der Waals surface area contributed by atoms with E-state index >= 15 is 8.78 Å². The van der Waals surface area contributed by atoms with E-state index in [0.29, 0.717) is 23.1 Å². The van der Waals surface area contributed by atoms with E-state index in [0.717, 1.165) is 49.9 Å². The number of aromatic hydroxyl groups is 1. The minimum absolute atomic E-state index is 0.0371. The highest BCUT2D eigenvalue weighted by atomic mass is 19.1. The third-order valence-corrected chi connectivity index (χ3v) is 10.8. The van der Waals surface area contributed by atoms with E-state index < -0.39 is 11.6 Å². The number of piperazine rings is 1. The highest BCUT2D eigenvalue weighted by Crippen LogP contribution is 2.47. The molecule has 5 aliphatic heterocycles. The number of rotatable bonds is 4. The maximum atomic E-state index is 17.2. The lowest BCUT2D eigenvalue weighted by atomic mass is 9.92. The molecule has 11 heteroatoms. The lowest BCUT2D eigenvalue weighted by Crippen LogP contribution is -2.62. The zero-order chi connectivity index (χ0) is 33.1. The lowest BCUT2D eigenvalue weighted by molar-refractivity contribution is 0.108. The monoisotopic (exact) mass is 648 g/mol. The van der Waals surface area contributed by atoms with Gasteiger partial charge < -0.3 is 24.8 Å². The first-order chi connectivity index (χ1) is 23.1. The SMILES string of the molecule is C#Cc1c(F)ccc2cc(O)cc(-c3nc4c5c(nc(OCC67CC(=C)CN6CC(=C)C7)nc5c3F)N3C[C@H]5CC[C@H](N5)[C@H]3[C@H](C)O4)c12. The van der Waals surface area contributed by atoms with Crippen molar-refractivity contribution in [3.63, 3.8) is 0 Å². The number of pyridine rings is 1. The van der Waals surface area contributed by atoms with Crippen LogP contribution in [0.15, 0.2) is 48.6 Å². The van der Waals surface area contributed by atoms with Gasteiger partial charge in [0.1, 0.15) is 46.7 Å². The van der Waals surface area contributed by atoms with Crippen molar-refractivity contribution in [1.82, 2.24) is 25.2 Å². The molecule has 2 aromatic carbocycles. The van der Waals surface area contributed by atoms with Gasteiger partial charge in [0.25, 0.3) is 0 Å². The van der Waals surface area contributed by atoms with Gasteiger partial charge in [0.2, 0.25) is 5.88 Å².